The molecule has 1 aliphatic rings. The van der Waals surface area contributed by atoms with Crippen molar-refractivity contribution in [1.29, 1.82) is 0 Å². The van der Waals surface area contributed by atoms with Crippen LogP contribution in [0.15, 0.2) is 28.7 Å². The maximum Gasteiger partial charge on any atom is 0.0332 e. The summed E-state index contributed by atoms with van der Waals surface area (Å²) < 4.78 is 1.17. The van der Waals surface area contributed by atoms with E-state index >= 15 is 0 Å². The molecular formula is C17H27BrN2. The van der Waals surface area contributed by atoms with Gasteiger partial charge in [0.2, 0.25) is 0 Å². The fourth-order valence-corrected chi connectivity index (χ4v) is 3.52. The molecule has 3 heteroatoms. The first-order valence-electron chi connectivity index (χ1n) is 7.81. The zero-order valence-corrected chi connectivity index (χ0v) is 14.5. The number of benzene rings is 1. The molecule has 1 aromatic carbocycles. The van der Waals surface area contributed by atoms with Crippen LogP contribution in [0.4, 0.5) is 0 Å². The molecule has 0 saturated carbocycles. The minimum absolute atomic E-state index is 0.462. The lowest BCUT2D eigenvalue weighted by atomic mass is 10.0. The molecule has 1 fully saturated rings. The summed E-state index contributed by atoms with van der Waals surface area (Å²) in [6.07, 6.45) is 1.18. The summed E-state index contributed by atoms with van der Waals surface area (Å²) >= 11 is 3.58. The van der Waals surface area contributed by atoms with Crippen LogP contribution in [0.2, 0.25) is 0 Å². The van der Waals surface area contributed by atoms with E-state index in [2.05, 4.69) is 71.2 Å². The molecule has 1 aliphatic heterocycles. The van der Waals surface area contributed by atoms with Crippen molar-refractivity contribution >= 4 is 15.9 Å². The molecule has 112 valence electrons. The molecule has 1 saturated heterocycles. The molecule has 0 radical (unpaired) electrons. The average Bonchev–Trinajstić information content (AvgIpc) is 2.74. The summed E-state index contributed by atoms with van der Waals surface area (Å²) in [5.41, 5.74) is 1.39. The Morgan fingerprint density at radius 1 is 1.30 bits per heavy atom. The Morgan fingerprint density at radius 2 is 2.00 bits per heavy atom. The Kier molecular flexibility index (Phi) is 6.06. The van der Waals surface area contributed by atoms with Gasteiger partial charge in [0, 0.05) is 23.6 Å². The van der Waals surface area contributed by atoms with E-state index in [1.54, 1.807) is 0 Å². The van der Waals surface area contributed by atoms with E-state index in [-0.39, 0.29) is 0 Å². The lowest BCUT2D eigenvalue weighted by Gasteiger charge is -2.22. The second kappa shape index (κ2) is 7.58. The second-order valence-corrected chi connectivity index (χ2v) is 7.08. The topological polar surface area (TPSA) is 15.3 Å². The van der Waals surface area contributed by atoms with Crippen LogP contribution in [0.1, 0.15) is 38.8 Å². The van der Waals surface area contributed by atoms with Gasteiger partial charge in [-0.3, -0.25) is 0 Å². The van der Waals surface area contributed by atoms with Gasteiger partial charge in [-0.2, -0.15) is 0 Å². The van der Waals surface area contributed by atoms with Gasteiger partial charge >= 0.3 is 0 Å². The SMILES string of the molecule is CCNC(CCN1CC(C)C(C)C1)c1cccc(Br)c1. The number of nitrogens with one attached hydrogen (secondary N) is 1. The normalized spacial score (nSPS) is 25.0. The largest absolute Gasteiger partial charge is 0.310 e. The molecule has 0 amide bonds. The summed E-state index contributed by atoms with van der Waals surface area (Å²) in [5, 5.41) is 3.63. The number of hydrogen-bond acceptors (Lipinski definition) is 2. The number of halogens is 1. The van der Waals surface area contributed by atoms with Crippen molar-refractivity contribution in [3.63, 3.8) is 0 Å². The van der Waals surface area contributed by atoms with Gasteiger partial charge in [-0.25, -0.2) is 0 Å². The van der Waals surface area contributed by atoms with E-state index in [1.807, 2.05) is 0 Å². The zero-order chi connectivity index (χ0) is 14.5. The fourth-order valence-electron chi connectivity index (χ4n) is 3.10. The molecule has 2 rings (SSSR count). The predicted molar refractivity (Wildman–Crippen MR) is 89.9 cm³/mol. The summed E-state index contributed by atoms with van der Waals surface area (Å²) in [6.45, 7) is 11.7. The smallest absolute Gasteiger partial charge is 0.0332 e. The second-order valence-electron chi connectivity index (χ2n) is 6.17. The van der Waals surface area contributed by atoms with Gasteiger partial charge in [-0.05, 0) is 49.0 Å². The minimum atomic E-state index is 0.462. The molecule has 20 heavy (non-hydrogen) atoms. The van der Waals surface area contributed by atoms with Gasteiger partial charge in [0.15, 0.2) is 0 Å². The Bertz CT molecular complexity index is 411. The molecule has 0 aromatic heterocycles. The lowest BCUT2D eigenvalue weighted by molar-refractivity contribution is 0.299. The average molecular weight is 339 g/mol. The molecule has 1 aromatic rings. The first-order chi connectivity index (χ1) is 9.60. The molecule has 1 N–H and O–H groups in total. The van der Waals surface area contributed by atoms with Gasteiger partial charge in [0.1, 0.15) is 0 Å². The van der Waals surface area contributed by atoms with Crippen LogP contribution in [0.25, 0.3) is 0 Å². The van der Waals surface area contributed by atoms with E-state index in [9.17, 15) is 0 Å². The van der Waals surface area contributed by atoms with Crippen molar-refractivity contribution in [2.45, 2.75) is 33.2 Å². The van der Waals surface area contributed by atoms with Crippen molar-refractivity contribution < 1.29 is 0 Å². The molecule has 0 aliphatic carbocycles. The number of rotatable bonds is 6. The number of hydrogen-bond donors (Lipinski definition) is 1. The molecular weight excluding hydrogens is 312 g/mol. The zero-order valence-electron chi connectivity index (χ0n) is 12.9. The predicted octanol–water partition coefficient (Wildman–Crippen LogP) is 4.08. The van der Waals surface area contributed by atoms with Crippen LogP contribution < -0.4 is 5.32 Å². The van der Waals surface area contributed by atoms with Crippen molar-refractivity contribution in [3.8, 4) is 0 Å². The van der Waals surface area contributed by atoms with Crippen molar-refractivity contribution in [3.05, 3.63) is 34.3 Å². The summed E-state index contributed by atoms with van der Waals surface area (Å²) in [5.74, 6) is 1.69. The number of nitrogens with zero attached hydrogens (tertiary/aromatic N) is 1. The minimum Gasteiger partial charge on any atom is -0.310 e. The Morgan fingerprint density at radius 3 is 2.60 bits per heavy atom. The molecule has 0 bridgehead atoms. The van der Waals surface area contributed by atoms with Crippen molar-refractivity contribution in [2.75, 3.05) is 26.2 Å². The Hall–Kier alpha value is -0.380. The van der Waals surface area contributed by atoms with E-state index in [0.717, 1.165) is 18.4 Å². The van der Waals surface area contributed by atoms with E-state index in [0.29, 0.717) is 6.04 Å². The van der Waals surface area contributed by atoms with Crippen molar-refractivity contribution in [1.82, 2.24) is 10.2 Å². The van der Waals surface area contributed by atoms with Gasteiger partial charge in [-0.15, -0.1) is 0 Å². The number of likely N-dealkylation sites (tertiary alicyclic amines) is 1. The summed E-state index contributed by atoms with van der Waals surface area (Å²) in [4.78, 5) is 2.62. The van der Waals surface area contributed by atoms with E-state index in [1.165, 1.54) is 36.1 Å². The van der Waals surface area contributed by atoms with Crippen LogP contribution in [0, 0.1) is 11.8 Å². The third-order valence-electron chi connectivity index (χ3n) is 4.50. The fraction of sp³-hybridized carbons (Fsp3) is 0.647. The lowest BCUT2D eigenvalue weighted by Crippen LogP contribution is -2.28. The van der Waals surface area contributed by atoms with Crippen LogP contribution in [0.3, 0.4) is 0 Å². The quantitative estimate of drug-likeness (QED) is 0.840. The van der Waals surface area contributed by atoms with Gasteiger partial charge in [0.05, 0.1) is 0 Å². The van der Waals surface area contributed by atoms with Crippen LogP contribution in [-0.2, 0) is 0 Å². The Labute approximate surface area is 132 Å². The summed E-state index contributed by atoms with van der Waals surface area (Å²) in [7, 11) is 0. The van der Waals surface area contributed by atoms with Gasteiger partial charge in [0.25, 0.3) is 0 Å². The van der Waals surface area contributed by atoms with Crippen molar-refractivity contribution in [2.24, 2.45) is 11.8 Å². The van der Waals surface area contributed by atoms with E-state index < -0.39 is 0 Å². The summed E-state index contributed by atoms with van der Waals surface area (Å²) in [6, 6.07) is 9.15. The van der Waals surface area contributed by atoms with Crippen LogP contribution in [0.5, 0.6) is 0 Å². The maximum atomic E-state index is 3.63. The third-order valence-corrected chi connectivity index (χ3v) is 4.99. The van der Waals surface area contributed by atoms with Gasteiger partial charge in [-0.1, -0.05) is 48.8 Å². The van der Waals surface area contributed by atoms with E-state index in [4.69, 9.17) is 0 Å². The molecule has 3 atom stereocenters. The first-order valence-corrected chi connectivity index (χ1v) is 8.60. The third kappa shape index (κ3) is 4.31. The van der Waals surface area contributed by atoms with Gasteiger partial charge < -0.3 is 10.2 Å². The highest BCUT2D eigenvalue weighted by atomic mass is 79.9. The first kappa shape index (κ1) is 16.0. The monoisotopic (exact) mass is 338 g/mol. The molecule has 3 unspecified atom stereocenters. The highest BCUT2D eigenvalue weighted by molar-refractivity contribution is 9.10. The maximum absolute atomic E-state index is 3.63. The molecule has 2 nitrogen and oxygen atoms in total. The van der Waals surface area contributed by atoms with Crippen LogP contribution in [-0.4, -0.2) is 31.1 Å². The standard InChI is InChI=1S/C17H27BrN2/c1-4-19-17(15-6-5-7-16(18)10-15)8-9-20-11-13(2)14(3)12-20/h5-7,10,13-14,17,19H,4,8-9,11-12H2,1-3H3. The highest BCUT2D eigenvalue weighted by Crippen LogP contribution is 2.25. The Balaban J connectivity index is 1.93. The molecule has 0 spiro atoms. The highest BCUT2D eigenvalue weighted by Gasteiger charge is 2.26. The van der Waals surface area contributed by atoms with Crippen LogP contribution >= 0.6 is 15.9 Å². The molecule has 1 heterocycles.